The third kappa shape index (κ3) is 3.22. The molecule has 1 heterocycles. The molecule has 2 N–H and O–H groups in total. The van der Waals surface area contributed by atoms with Gasteiger partial charge in [0.2, 0.25) is 0 Å². The van der Waals surface area contributed by atoms with Gasteiger partial charge in [0.05, 0.1) is 0 Å². The first-order valence-corrected chi connectivity index (χ1v) is 7.26. The van der Waals surface area contributed by atoms with Crippen LogP contribution in [0.3, 0.4) is 0 Å². The number of pyridine rings is 1. The molecule has 0 radical (unpaired) electrons. The normalized spacial score (nSPS) is 16.8. The van der Waals surface area contributed by atoms with E-state index in [1.54, 1.807) is 0 Å². The van der Waals surface area contributed by atoms with Gasteiger partial charge in [0.1, 0.15) is 5.82 Å². The average molecular weight is 247 g/mol. The minimum atomic E-state index is 0.691. The molecule has 1 aliphatic rings. The fraction of sp³-hybridized carbons (Fsp3) is 0.667. The summed E-state index contributed by atoms with van der Waals surface area (Å²) in [6.07, 6.45) is 9.67. The molecule has 0 atom stereocenters. The molecule has 0 aliphatic heterocycles. The minimum absolute atomic E-state index is 0.691. The first-order chi connectivity index (χ1) is 8.85. The topological polar surface area (TPSA) is 42.1 Å². The van der Waals surface area contributed by atoms with E-state index in [0.29, 0.717) is 12.6 Å². The molecule has 0 amide bonds. The number of anilines is 1. The van der Waals surface area contributed by atoms with Crippen LogP contribution in [0.25, 0.3) is 0 Å². The molecule has 18 heavy (non-hydrogen) atoms. The average Bonchev–Trinajstić information content (AvgIpc) is 2.43. The second kappa shape index (κ2) is 6.74. The van der Waals surface area contributed by atoms with Crippen molar-refractivity contribution in [2.75, 3.05) is 18.0 Å². The van der Waals surface area contributed by atoms with Crippen molar-refractivity contribution in [1.82, 2.24) is 4.98 Å². The van der Waals surface area contributed by atoms with Gasteiger partial charge < -0.3 is 10.6 Å². The van der Waals surface area contributed by atoms with E-state index in [-0.39, 0.29) is 0 Å². The second-order valence-electron chi connectivity index (χ2n) is 5.14. The van der Waals surface area contributed by atoms with E-state index >= 15 is 0 Å². The van der Waals surface area contributed by atoms with E-state index in [2.05, 4.69) is 28.9 Å². The summed E-state index contributed by atoms with van der Waals surface area (Å²) >= 11 is 0. The minimum Gasteiger partial charge on any atom is -0.354 e. The lowest BCUT2D eigenvalue weighted by Gasteiger charge is -2.34. The summed E-state index contributed by atoms with van der Waals surface area (Å²) in [5.74, 6) is 1.13. The van der Waals surface area contributed by atoms with Crippen LogP contribution >= 0.6 is 0 Å². The molecule has 1 aliphatic carbocycles. The molecule has 0 aromatic carbocycles. The Balaban J connectivity index is 2.06. The van der Waals surface area contributed by atoms with Crippen molar-refractivity contribution in [2.45, 2.75) is 51.5 Å². The predicted octanol–water partition coefficient (Wildman–Crippen LogP) is 2.74. The van der Waals surface area contributed by atoms with Gasteiger partial charge in [0, 0.05) is 18.8 Å². The van der Waals surface area contributed by atoms with E-state index in [0.717, 1.165) is 18.8 Å². The Bertz CT molecular complexity index is 341. The highest BCUT2D eigenvalue weighted by Crippen LogP contribution is 2.26. The van der Waals surface area contributed by atoms with E-state index in [1.165, 1.54) is 37.7 Å². The lowest BCUT2D eigenvalue weighted by Crippen LogP contribution is -2.37. The zero-order valence-corrected chi connectivity index (χ0v) is 11.4. The van der Waals surface area contributed by atoms with E-state index < -0.39 is 0 Å². The van der Waals surface area contributed by atoms with Crippen molar-refractivity contribution < 1.29 is 0 Å². The van der Waals surface area contributed by atoms with Gasteiger partial charge in [-0.15, -0.1) is 0 Å². The molecular weight excluding hydrogens is 222 g/mol. The summed E-state index contributed by atoms with van der Waals surface area (Å²) in [5.41, 5.74) is 6.80. The lowest BCUT2D eigenvalue weighted by atomic mass is 9.94. The molecule has 0 saturated heterocycles. The molecule has 1 aromatic rings. The SMILES string of the molecule is CCN(c1ccc(CCN)cn1)C1CCCCC1. The molecule has 1 saturated carbocycles. The van der Waals surface area contributed by atoms with Crippen LogP contribution in [0.2, 0.25) is 0 Å². The molecule has 0 bridgehead atoms. The van der Waals surface area contributed by atoms with E-state index in [4.69, 9.17) is 5.73 Å². The highest BCUT2D eigenvalue weighted by atomic mass is 15.2. The standard InChI is InChI=1S/C15H25N3/c1-2-18(14-6-4-3-5-7-14)15-9-8-13(10-11-16)12-17-15/h8-9,12,14H,2-7,10-11,16H2,1H3. The van der Waals surface area contributed by atoms with Crippen molar-refractivity contribution in [1.29, 1.82) is 0 Å². The third-order valence-electron chi connectivity index (χ3n) is 3.89. The Hall–Kier alpha value is -1.09. The number of nitrogens with two attached hydrogens (primary N) is 1. The molecule has 1 aromatic heterocycles. The van der Waals surface area contributed by atoms with Crippen molar-refractivity contribution >= 4 is 5.82 Å². The summed E-state index contributed by atoms with van der Waals surface area (Å²) in [7, 11) is 0. The molecule has 3 heteroatoms. The quantitative estimate of drug-likeness (QED) is 0.870. The van der Waals surface area contributed by atoms with Crippen LogP contribution < -0.4 is 10.6 Å². The molecule has 1 fully saturated rings. The Morgan fingerprint density at radius 1 is 1.28 bits per heavy atom. The summed E-state index contributed by atoms with van der Waals surface area (Å²) in [5, 5.41) is 0. The highest BCUT2D eigenvalue weighted by Gasteiger charge is 2.20. The van der Waals surface area contributed by atoms with Crippen molar-refractivity contribution in [3.63, 3.8) is 0 Å². The summed E-state index contributed by atoms with van der Waals surface area (Å²) < 4.78 is 0. The zero-order valence-electron chi connectivity index (χ0n) is 11.4. The number of aromatic nitrogens is 1. The van der Waals surface area contributed by atoms with E-state index in [9.17, 15) is 0 Å². The van der Waals surface area contributed by atoms with Crippen LogP contribution in [0.1, 0.15) is 44.6 Å². The monoisotopic (exact) mass is 247 g/mol. The van der Waals surface area contributed by atoms with Crippen molar-refractivity contribution in [3.05, 3.63) is 23.9 Å². The fourth-order valence-corrected chi connectivity index (χ4v) is 2.90. The van der Waals surface area contributed by atoms with Gasteiger partial charge in [-0.2, -0.15) is 0 Å². The number of hydrogen-bond donors (Lipinski definition) is 1. The summed E-state index contributed by atoms with van der Waals surface area (Å²) in [4.78, 5) is 7.08. The van der Waals surface area contributed by atoms with Crippen molar-refractivity contribution in [2.24, 2.45) is 5.73 Å². The molecule has 0 unspecified atom stereocenters. The second-order valence-corrected chi connectivity index (χ2v) is 5.14. The van der Waals surface area contributed by atoms with Crippen LogP contribution in [0.5, 0.6) is 0 Å². The maximum absolute atomic E-state index is 5.56. The lowest BCUT2D eigenvalue weighted by molar-refractivity contribution is 0.416. The van der Waals surface area contributed by atoms with E-state index in [1.807, 2.05) is 6.20 Å². The van der Waals surface area contributed by atoms with Crippen LogP contribution in [-0.4, -0.2) is 24.1 Å². The van der Waals surface area contributed by atoms with Gasteiger partial charge in [-0.1, -0.05) is 25.3 Å². The third-order valence-corrected chi connectivity index (χ3v) is 3.89. The Labute approximate surface area is 110 Å². The Kier molecular flexibility index (Phi) is 5.00. The first-order valence-electron chi connectivity index (χ1n) is 7.26. The van der Waals surface area contributed by atoms with Gasteiger partial charge in [-0.25, -0.2) is 4.98 Å². The fourth-order valence-electron chi connectivity index (χ4n) is 2.90. The first kappa shape index (κ1) is 13.3. The molecule has 100 valence electrons. The smallest absolute Gasteiger partial charge is 0.128 e. The van der Waals surface area contributed by atoms with Gasteiger partial charge >= 0.3 is 0 Å². The van der Waals surface area contributed by atoms with Crippen LogP contribution in [0.15, 0.2) is 18.3 Å². The maximum Gasteiger partial charge on any atom is 0.128 e. The van der Waals surface area contributed by atoms with Crippen LogP contribution in [-0.2, 0) is 6.42 Å². The van der Waals surface area contributed by atoms with Gasteiger partial charge in [0.25, 0.3) is 0 Å². The van der Waals surface area contributed by atoms with Crippen LogP contribution in [0.4, 0.5) is 5.82 Å². The Morgan fingerprint density at radius 3 is 2.61 bits per heavy atom. The Morgan fingerprint density at radius 2 is 2.06 bits per heavy atom. The predicted molar refractivity (Wildman–Crippen MR) is 76.9 cm³/mol. The largest absolute Gasteiger partial charge is 0.354 e. The van der Waals surface area contributed by atoms with Gasteiger partial charge in [0.15, 0.2) is 0 Å². The number of hydrogen-bond acceptors (Lipinski definition) is 3. The van der Waals surface area contributed by atoms with Gasteiger partial charge in [-0.3, -0.25) is 0 Å². The summed E-state index contributed by atoms with van der Waals surface area (Å²) in [6.45, 7) is 3.97. The number of rotatable bonds is 5. The molecular formula is C15H25N3. The molecule has 0 spiro atoms. The highest BCUT2D eigenvalue weighted by molar-refractivity contribution is 5.40. The van der Waals surface area contributed by atoms with Crippen molar-refractivity contribution in [3.8, 4) is 0 Å². The van der Waals surface area contributed by atoms with Crippen LogP contribution in [0, 0.1) is 0 Å². The summed E-state index contributed by atoms with van der Waals surface area (Å²) in [6, 6.07) is 5.01. The molecule has 3 nitrogen and oxygen atoms in total. The van der Waals surface area contributed by atoms with Gasteiger partial charge in [-0.05, 0) is 44.4 Å². The zero-order chi connectivity index (χ0) is 12.8. The maximum atomic E-state index is 5.56. The number of nitrogens with zero attached hydrogens (tertiary/aromatic N) is 2. The molecule has 2 rings (SSSR count).